The highest BCUT2D eigenvalue weighted by Crippen LogP contribution is 2.28. The van der Waals surface area contributed by atoms with Crippen LogP contribution in [0.5, 0.6) is 5.75 Å². The van der Waals surface area contributed by atoms with Crippen LogP contribution in [0, 0.1) is 0 Å². The summed E-state index contributed by atoms with van der Waals surface area (Å²) in [4.78, 5) is 12.3. The van der Waals surface area contributed by atoms with Crippen molar-refractivity contribution in [3.8, 4) is 5.75 Å². The molecule has 0 fully saturated rings. The van der Waals surface area contributed by atoms with Crippen LogP contribution in [0.1, 0.15) is 31.7 Å². The molecule has 0 heterocycles. The lowest BCUT2D eigenvalue weighted by atomic mass is 9.98. The van der Waals surface area contributed by atoms with Crippen molar-refractivity contribution >= 4 is 21.4 Å². The van der Waals surface area contributed by atoms with Crippen molar-refractivity contribution in [3.05, 3.63) is 54.1 Å². The molecule has 1 N–H and O–H groups in total. The molecule has 1 unspecified atom stereocenters. The third-order valence-corrected chi connectivity index (χ3v) is 5.08. The van der Waals surface area contributed by atoms with E-state index in [-0.39, 0.29) is 17.4 Å². The first-order chi connectivity index (χ1) is 11.8. The summed E-state index contributed by atoms with van der Waals surface area (Å²) in [5, 5.41) is 2.66. The van der Waals surface area contributed by atoms with Gasteiger partial charge in [-0.25, -0.2) is 8.42 Å². The number of para-hydroxylation sites is 1. The smallest absolute Gasteiger partial charge is 0.262 e. The fraction of sp³-hybridized carbons (Fsp3) is 0.316. The zero-order valence-corrected chi connectivity index (χ0v) is 15.5. The highest BCUT2D eigenvalue weighted by atomic mass is 32.2. The molecule has 1 atom stereocenters. The number of anilines is 1. The zero-order valence-electron chi connectivity index (χ0n) is 14.7. The largest absolute Gasteiger partial charge is 0.483 e. The van der Waals surface area contributed by atoms with Gasteiger partial charge in [0.1, 0.15) is 5.75 Å². The van der Waals surface area contributed by atoms with Crippen LogP contribution < -0.4 is 10.1 Å². The number of carbonyl (C=O) groups excluding carboxylic acids is 1. The van der Waals surface area contributed by atoms with Crippen LogP contribution in [0.3, 0.4) is 0 Å². The molecule has 2 aromatic rings. The van der Waals surface area contributed by atoms with Crippen molar-refractivity contribution in [1.82, 2.24) is 0 Å². The van der Waals surface area contributed by atoms with E-state index >= 15 is 0 Å². The van der Waals surface area contributed by atoms with Crippen molar-refractivity contribution in [2.75, 3.05) is 18.2 Å². The quantitative estimate of drug-likeness (QED) is 0.817. The Balaban J connectivity index is 2.03. The molecule has 0 bridgehead atoms. The van der Waals surface area contributed by atoms with E-state index in [2.05, 4.69) is 19.2 Å². The van der Waals surface area contributed by atoms with Crippen molar-refractivity contribution < 1.29 is 17.9 Å². The lowest BCUT2D eigenvalue weighted by Gasteiger charge is -2.15. The van der Waals surface area contributed by atoms with E-state index in [1.165, 1.54) is 12.1 Å². The Labute approximate surface area is 148 Å². The number of amides is 1. The first kappa shape index (κ1) is 19.0. The van der Waals surface area contributed by atoms with Gasteiger partial charge in [-0.2, -0.15) is 0 Å². The van der Waals surface area contributed by atoms with E-state index in [1.807, 2.05) is 24.3 Å². The minimum Gasteiger partial charge on any atom is -0.483 e. The van der Waals surface area contributed by atoms with Gasteiger partial charge in [0.2, 0.25) is 0 Å². The van der Waals surface area contributed by atoms with E-state index < -0.39 is 9.84 Å². The standard InChI is InChI=1S/C19H23NO4S/c1-4-14(2)17-10-5-6-11-18(17)24-13-19(21)20-15-8-7-9-16(12-15)25(3,22)23/h5-12,14H,4,13H2,1-3H3,(H,20,21). The molecule has 25 heavy (non-hydrogen) atoms. The number of benzene rings is 2. The average Bonchev–Trinajstić information content (AvgIpc) is 2.59. The highest BCUT2D eigenvalue weighted by molar-refractivity contribution is 7.90. The van der Waals surface area contributed by atoms with Gasteiger partial charge >= 0.3 is 0 Å². The summed E-state index contributed by atoms with van der Waals surface area (Å²) < 4.78 is 28.8. The molecular weight excluding hydrogens is 338 g/mol. The van der Waals surface area contributed by atoms with E-state index in [0.29, 0.717) is 17.4 Å². The molecule has 0 saturated carbocycles. The van der Waals surface area contributed by atoms with Crippen LogP contribution in [0.4, 0.5) is 5.69 Å². The van der Waals surface area contributed by atoms with Crippen LogP contribution in [0.15, 0.2) is 53.4 Å². The number of rotatable bonds is 7. The summed E-state index contributed by atoms with van der Waals surface area (Å²) in [7, 11) is -3.32. The second-order valence-corrected chi connectivity index (χ2v) is 8.00. The van der Waals surface area contributed by atoms with Crippen LogP contribution in [-0.4, -0.2) is 27.2 Å². The lowest BCUT2D eigenvalue weighted by Crippen LogP contribution is -2.20. The monoisotopic (exact) mass is 361 g/mol. The Morgan fingerprint density at radius 1 is 1.16 bits per heavy atom. The molecular formula is C19H23NO4S. The second kappa shape index (κ2) is 8.16. The summed E-state index contributed by atoms with van der Waals surface area (Å²) in [6.45, 7) is 4.07. The Bertz CT molecular complexity index is 846. The molecule has 0 aliphatic carbocycles. The van der Waals surface area contributed by atoms with Crippen LogP contribution >= 0.6 is 0 Å². The van der Waals surface area contributed by atoms with Crippen molar-refractivity contribution in [2.45, 2.75) is 31.1 Å². The Morgan fingerprint density at radius 3 is 2.56 bits per heavy atom. The molecule has 5 nitrogen and oxygen atoms in total. The molecule has 0 aromatic heterocycles. The van der Waals surface area contributed by atoms with Gasteiger partial charge in [-0.1, -0.05) is 38.1 Å². The summed E-state index contributed by atoms with van der Waals surface area (Å²) in [6.07, 6.45) is 2.10. The zero-order chi connectivity index (χ0) is 18.4. The number of ether oxygens (including phenoxy) is 1. The van der Waals surface area contributed by atoms with Crippen LogP contribution in [-0.2, 0) is 14.6 Å². The molecule has 0 radical (unpaired) electrons. The van der Waals surface area contributed by atoms with E-state index in [9.17, 15) is 13.2 Å². The number of nitrogens with one attached hydrogen (secondary N) is 1. The summed E-state index contributed by atoms with van der Waals surface area (Å²) in [6, 6.07) is 13.8. The second-order valence-electron chi connectivity index (χ2n) is 5.98. The molecule has 2 aromatic carbocycles. The topological polar surface area (TPSA) is 72.5 Å². The number of hydrogen-bond donors (Lipinski definition) is 1. The van der Waals surface area contributed by atoms with Crippen molar-refractivity contribution in [2.24, 2.45) is 0 Å². The van der Waals surface area contributed by atoms with Crippen molar-refractivity contribution in [3.63, 3.8) is 0 Å². The maximum Gasteiger partial charge on any atom is 0.262 e. The Hall–Kier alpha value is -2.34. The van der Waals surface area contributed by atoms with Gasteiger partial charge < -0.3 is 10.1 Å². The molecule has 6 heteroatoms. The fourth-order valence-corrected chi connectivity index (χ4v) is 3.05. The predicted octanol–water partition coefficient (Wildman–Crippen LogP) is 3.62. The van der Waals surface area contributed by atoms with E-state index in [0.717, 1.165) is 18.2 Å². The molecule has 0 saturated heterocycles. The maximum atomic E-state index is 12.1. The van der Waals surface area contributed by atoms with Gasteiger partial charge in [0, 0.05) is 11.9 Å². The third kappa shape index (κ3) is 5.32. The van der Waals surface area contributed by atoms with E-state index in [1.54, 1.807) is 12.1 Å². The molecule has 1 amide bonds. The highest BCUT2D eigenvalue weighted by Gasteiger charge is 2.12. The molecule has 134 valence electrons. The minimum atomic E-state index is -3.32. The van der Waals surface area contributed by atoms with Crippen LogP contribution in [0.25, 0.3) is 0 Å². The molecule has 0 aliphatic heterocycles. The summed E-state index contributed by atoms with van der Waals surface area (Å²) in [5.74, 6) is 0.687. The molecule has 2 rings (SSSR count). The predicted molar refractivity (Wildman–Crippen MR) is 98.8 cm³/mol. The average molecular weight is 361 g/mol. The van der Waals surface area contributed by atoms with Gasteiger partial charge in [-0.3, -0.25) is 4.79 Å². The molecule has 0 spiro atoms. The van der Waals surface area contributed by atoms with Crippen molar-refractivity contribution in [1.29, 1.82) is 0 Å². The first-order valence-corrected chi connectivity index (χ1v) is 10.0. The summed E-state index contributed by atoms with van der Waals surface area (Å²) in [5.41, 5.74) is 1.49. The van der Waals surface area contributed by atoms with Crippen LogP contribution in [0.2, 0.25) is 0 Å². The number of carbonyl (C=O) groups is 1. The van der Waals surface area contributed by atoms with Gasteiger partial charge in [-0.15, -0.1) is 0 Å². The summed E-state index contributed by atoms with van der Waals surface area (Å²) >= 11 is 0. The SMILES string of the molecule is CCC(C)c1ccccc1OCC(=O)Nc1cccc(S(C)(=O)=O)c1. The fourth-order valence-electron chi connectivity index (χ4n) is 2.38. The number of sulfone groups is 1. The minimum absolute atomic E-state index is 0.142. The van der Waals surface area contributed by atoms with Gasteiger partial charge in [0.25, 0.3) is 5.91 Å². The first-order valence-electron chi connectivity index (χ1n) is 8.13. The Kier molecular flexibility index (Phi) is 6.20. The lowest BCUT2D eigenvalue weighted by molar-refractivity contribution is -0.118. The Morgan fingerprint density at radius 2 is 1.88 bits per heavy atom. The maximum absolute atomic E-state index is 12.1. The number of hydrogen-bond acceptors (Lipinski definition) is 4. The van der Waals surface area contributed by atoms with E-state index in [4.69, 9.17) is 4.74 Å². The molecule has 0 aliphatic rings. The van der Waals surface area contributed by atoms with Gasteiger partial charge in [-0.05, 0) is 42.2 Å². The van der Waals surface area contributed by atoms with Gasteiger partial charge in [0.05, 0.1) is 4.90 Å². The normalized spacial score (nSPS) is 12.4. The van der Waals surface area contributed by atoms with Gasteiger partial charge in [0.15, 0.2) is 16.4 Å². The third-order valence-electron chi connectivity index (χ3n) is 3.97.